The van der Waals surface area contributed by atoms with Gasteiger partial charge in [-0.05, 0) is 35.7 Å². The summed E-state index contributed by atoms with van der Waals surface area (Å²) in [5, 5.41) is 3.39. The van der Waals surface area contributed by atoms with Crippen LogP contribution in [0.3, 0.4) is 0 Å². The molecule has 4 rings (SSSR count). The molecule has 3 heteroatoms. The Morgan fingerprint density at radius 1 is 1.20 bits per heavy atom. The van der Waals surface area contributed by atoms with Gasteiger partial charge in [0, 0.05) is 23.1 Å². The summed E-state index contributed by atoms with van der Waals surface area (Å²) in [5.41, 5.74) is 3.03. The lowest BCUT2D eigenvalue weighted by molar-refractivity contribution is 0.0602. The van der Waals surface area contributed by atoms with Crippen LogP contribution in [0.25, 0.3) is 21.7 Å². The Morgan fingerprint density at radius 2 is 1.95 bits per heavy atom. The predicted molar refractivity (Wildman–Crippen MR) is 79.1 cm³/mol. The number of benzene rings is 2. The van der Waals surface area contributed by atoms with Crippen LogP contribution in [-0.4, -0.2) is 17.6 Å². The fourth-order valence-corrected chi connectivity index (χ4v) is 3.34. The lowest BCUT2D eigenvalue weighted by Crippen LogP contribution is -2.03. The van der Waals surface area contributed by atoms with Crippen molar-refractivity contribution in [2.24, 2.45) is 0 Å². The number of esters is 1. The molecule has 0 saturated carbocycles. The third kappa shape index (κ3) is 1.43. The number of hydrogen-bond donors (Lipinski definition) is 0. The smallest absolute Gasteiger partial charge is 0.340 e. The third-order valence-electron chi connectivity index (χ3n) is 4.22. The molecule has 0 N–H and O–H groups in total. The largest absolute Gasteiger partial charge is 0.465 e. The number of rotatable bonds is 1. The second-order valence-electron chi connectivity index (χ2n) is 5.28. The van der Waals surface area contributed by atoms with E-state index in [1.807, 2.05) is 12.1 Å². The van der Waals surface area contributed by atoms with Crippen LogP contribution < -0.4 is 0 Å². The molecule has 0 radical (unpaired) electrons. The summed E-state index contributed by atoms with van der Waals surface area (Å²) < 4.78 is 7.26. The minimum absolute atomic E-state index is 0.221. The van der Waals surface area contributed by atoms with Crippen molar-refractivity contribution in [3.05, 3.63) is 47.7 Å². The van der Waals surface area contributed by atoms with Crippen LogP contribution in [-0.2, 0) is 17.7 Å². The Labute approximate surface area is 116 Å². The molecule has 3 nitrogen and oxygen atoms in total. The summed E-state index contributed by atoms with van der Waals surface area (Å²) in [7, 11) is 1.45. The topological polar surface area (TPSA) is 31.2 Å². The van der Waals surface area contributed by atoms with E-state index >= 15 is 0 Å². The van der Waals surface area contributed by atoms with Crippen LogP contribution in [0.2, 0.25) is 0 Å². The number of aryl methyl sites for hydroxylation is 1. The Kier molecular flexibility index (Phi) is 2.36. The molecule has 0 aliphatic carbocycles. The first kappa shape index (κ1) is 11.5. The van der Waals surface area contributed by atoms with Gasteiger partial charge < -0.3 is 9.30 Å². The van der Waals surface area contributed by atoms with Crippen LogP contribution in [0.1, 0.15) is 22.5 Å². The lowest BCUT2D eigenvalue weighted by Gasteiger charge is -2.03. The van der Waals surface area contributed by atoms with Gasteiger partial charge in [0.1, 0.15) is 0 Å². The van der Waals surface area contributed by atoms with E-state index in [-0.39, 0.29) is 5.97 Å². The maximum Gasteiger partial charge on any atom is 0.340 e. The normalized spacial score (nSPS) is 13.8. The van der Waals surface area contributed by atoms with Crippen molar-refractivity contribution in [2.75, 3.05) is 7.11 Å². The average molecular weight is 265 g/mol. The first-order valence-electron chi connectivity index (χ1n) is 6.92. The summed E-state index contributed by atoms with van der Waals surface area (Å²) in [6.07, 6.45) is 2.05. The molecule has 0 bridgehead atoms. The molecule has 0 spiro atoms. The van der Waals surface area contributed by atoms with Crippen molar-refractivity contribution in [2.45, 2.75) is 19.4 Å². The minimum atomic E-state index is -0.221. The summed E-state index contributed by atoms with van der Waals surface area (Å²) in [4.78, 5) is 12.1. The molecular formula is C17H15NO2. The monoisotopic (exact) mass is 265 g/mol. The standard InChI is InChI=1S/C17H15NO2/c1-20-17(19)16-13-9-11-5-2-3-6-12(11)10-15(13)18-8-4-7-14(16)18/h2-3,5-6,9-10H,4,7-8H2,1H3. The van der Waals surface area contributed by atoms with Crippen molar-refractivity contribution >= 4 is 27.6 Å². The van der Waals surface area contributed by atoms with Crippen LogP contribution in [0.5, 0.6) is 0 Å². The van der Waals surface area contributed by atoms with Gasteiger partial charge in [-0.3, -0.25) is 0 Å². The summed E-state index contributed by atoms with van der Waals surface area (Å²) in [6.45, 7) is 0.987. The third-order valence-corrected chi connectivity index (χ3v) is 4.22. The highest BCUT2D eigenvalue weighted by molar-refractivity contribution is 6.10. The van der Waals surface area contributed by atoms with Gasteiger partial charge >= 0.3 is 5.97 Å². The van der Waals surface area contributed by atoms with Crippen LogP contribution in [0.15, 0.2) is 36.4 Å². The number of carbonyl (C=O) groups is 1. The fraction of sp³-hybridized carbons (Fsp3) is 0.235. The second kappa shape index (κ2) is 4.10. The molecule has 1 aliphatic heterocycles. The number of nitrogens with zero attached hydrogens (tertiary/aromatic N) is 1. The van der Waals surface area contributed by atoms with E-state index in [9.17, 15) is 4.79 Å². The van der Waals surface area contributed by atoms with Gasteiger partial charge in [0.25, 0.3) is 0 Å². The van der Waals surface area contributed by atoms with E-state index in [0.717, 1.165) is 46.9 Å². The van der Waals surface area contributed by atoms with E-state index in [1.54, 1.807) is 0 Å². The van der Waals surface area contributed by atoms with Crippen LogP contribution >= 0.6 is 0 Å². The highest BCUT2D eigenvalue weighted by Gasteiger charge is 2.26. The molecule has 20 heavy (non-hydrogen) atoms. The quantitative estimate of drug-likeness (QED) is 0.630. The molecule has 1 aliphatic rings. The van der Waals surface area contributed by atoms with Crippen molar-refractivity contribution in [3.8, 4) is 0 Å². The maximum absolute atomic E-state index is 12.1. The van der Waals surface area contributed by atoms with Gasteiger partial charge in [0.05, 0.1) is 12.7 Å². The molecular weight excluding hydrogens is 250 g/mol. The zero-order valence-corrected chi connectivity index (χ0v) is 11.3. The first-order valence-corrected chi connectivity index (χ1v) is 6.92. The molecule has 1 aromatic heterocycles. The molecule has 0 atom stereocenters. The van der Waals surface area contributed by atoms with Gasteiger partial charge in [-0.2, -0.15) is 0 Å². The Morgan fingerprint density at radius 3 is 2.70 bits per heavy atom. The number of fused-ring (bicyclic) bond motifs is 4. The van der Waals surface area contributed by atoms with E-state index in [4.69, 9.17) is 4.74 Å². The van der Waals surface area contributed by atoms with Crippen LogP contribution in [0.4, 0.5) is 0 Å². The van der Waals surface area contributed by atoms with E-state index < -0.39 is 0 Å². The number of methoxy groups -OCH3 is 1. The highest BCUT2D eigenvalue weighted by atomic mass is 16.5. The number of aromatic nitrogens is 1. The van der Waals surface area contributed by atoms with Crippen molar-refractivity contribution in [1.82, 2.24) is 4.57 Å². The van der Waals surface area contributed by atoms with E-state index in [1.165, 1.54) is 12.5 Å². The molecule has 100 valence electrons. The average Bonchev–Trinajstić information content (AvgIpc) is 3.05. The first-order chi connectivity index (χ1) is 9.79. The predicted octanol–water partition coefficient (Wildman–Crippen LogP) is 3.53. The second-order valence-corrected chi connectivity index (χ2v) is 5.28. The summed E-state index contributed by atoms with van der Waals surface area (Å²) in [6, 6.07) is 12.6. The molecule has 0 amide bonds. The van der Waals surface area contributed by atoms with Crippen LogP contribution in [0, 0.1) is 0 Å². The van der Waals surface area contributed by atoms with E-state index in [0.29, 0.717) is 0 Å². The lowest BCUT2D eigenvalue weighted by atomic mass is 10.0. The van der Waals surface area contributed by atoms with Gasteiger partial charge in [-0.15, -0.1) is 0 Å². The number of ether oxygens (including phenoxy) is 1. The SMILES string of the molecule is COC(=O)c1c2n(c3cc4ccccc4cc13)CCC2. The maximum atomic E-state index is 12.1. The van der Waals surface area contributed by atoms with Crippen molar-refractivity contribution in [1.29, 1.82) is 0 Å². The molecule has 0 saturated heterocycles. The molecule has 0 unspecified atom stereocenters. The molecule has 2 heterocycles. The van der Waals surface area contributed by atoms with Crippen molar-refractivity contribution in [3.63, 3.8) is 0 Å². The van der Waals surface area contributed by atoms with Crippen molar-refractivity contribution < 1.29 is 9.53 Å². The number of hydrogen-bond acceptors (Lipinski definition) is 2. The Balaban J connectivity index is 2.15. The Hall–Kier alpha value is -2.29. The fourth-order valence-electron chi connectivity index (χ4n) is 3.34. The molecule has 0 fully saturated rings. The molecule has 3 aromatic rings. The van der Waals surface area contributed by atoms with Gasteiger partial charge in [0.2, 0.25) is 0 Å². The van der Waals surface area contributed by atoms with E-state index in [2.05, 4.69) is 28.8 Å². The zero-order valence-electron chi connectivity index (χ0n) is 11.3. The summed E-state index contributed by atoms with van der Waals surface area (Å²) >= 11 is 0. The minimum Gasteiger partial charge on any atom is -0.465 e. The Bertz CT molecular complexity index is 845. The van der Waals surface area contributed by atoms with Gasteiger partial charge in [0.15, 0.2) is 0 Å². The highest BCUT2D eigenvalue weighted by Crippen LogP contribution is 2.34. The molecule has 2 aromatic carbocycles. The zero-order chi connectivity index (χ0) is 13.7. The number of carbonyl (C=O) groups excluding carboxylic acids is 1. The van der Waals surface area contributed by atoms with Gasteiger partial charge in [-0.25, -0.2) is 4.79 Å². The summed E-state index contributed by atoms with van der Waals surface area (Å²) in [5.74, 6) is -0.221. The van der Waals surface area contributed by atoms with Gasteiger partial charge in [-0.1, -0.05) is 24.3 Å².